The molecule has 1 saturated heterocycles. The van der Waals surface area contributed by atoms with Gasteiger partial charge in [0.1, 0.15) is 17.9 Å². The maximum atomic E-state index is 12.5. The van der Waals surface area contributed by atoms with Crippen molar-refractivity contribution in [3.05, 3.63) is 42.2 Å². The second-order valence-electron chi connectivity index (χ2n) is 8.75. The van der Waals surface area contributed by atoms with Crippen LogP contribution >= 0.6 is 0 Å². The van der Waals surface area contributed by atoms with Crippen molar-refractivity contribution < 1.29 is 23.9 Å². The van der Waals surface area contributed by atoms with Gasteiger partial charge in [-0.2, -0.15) is 0 Å². The molecule has 0 saturated carbocycles. The van der Waals surface area contributed by atoms with Crippen LogP contribution in [0, 0.1) is 0 Å². The molecule has 1 fully saturated rings. The molecular formula is C24H35N5O5. The Hall–Kier alpha value is -3.56. The van der Waals surface area contributed by atoms with E-state index in [0.29, 0.717) is 44.0 Å². The summed E-state index contributed by atoms with van der Waals surface area (Å²) in [5, 5.41) is 2.64. The molecule has 1 aliphatic heterocycles. The third kappa shape index (κ3) is 9.93. The summed E-state index contributed by atoms with van der Waals surface area (Å²) in [5.74, 6) is 0.245. The highest BCUT2D eigenvalue weighted by atomic mass is 16.6. The molecule has 3 amide bonds. The van der Waals surface area contributed by atoms with Crippen LogP contribution in [0.2, 0.25) is 0 Å². The zero-order valence-electron chi connectivity index (χ0n) is 20.2. The Morgan fingerprint density at radius 2 is 1.76 bits per heavy atom. The van der Waals surface area contributed by atoms with Crippen molar-refractivity contribution in [2.45, 2.75) is 39.2 Å². The Morgan fingerprint density at radius 3 is 2.44 bits per heavy atom. The predicted octanol–water partition coefficient (Wildman–Crippen LogP) is 1.91. The van der Waals surface area contributed by atoms with Crippen molar-refractivity contribution in [1.29, 1.82) is 0 Å². The highest BCUT2D eigenvalue weighted by Gasteiger charge is 2.25. The topological polar surface area (TPSA) is 127 Å². The molecule has 0 spiro atoms. The monoisotopic (exact) mass is 473 g/mol. The second-order valence-corrected chi connectivity index (χ2v) is 8.75. The van der Waals surface area contributed by atoms with E-state index in [4.69, 9.17) is 15.2 Å². The molecular weight excluding hydrogens is 438 g/mol. The predicted molar refractivity (Wildman–Crippen MR) is 129 cm³/mol. The average Bonchev–Trinajstić information content (AvgIpc) is 3.04. The van der Waals surface area contributed by atoms with Gasteiger partial charge in [-0.25, -0.2) is 4.79 Å². The van der Waals surface area contributed by atoms with Crippen LogP contribution in [0.3, 0.4) is 0 Å². The van der Waals surface area contributed by atoms with Crippen molar-refractivity contribution >= 4 is 24.1 Å². The summed E-state index contributed by atoms with van der Waals surface area (Å²) in [5.41, 5.74) is 5.30. The number of ether oxygens (including phenoxy) is 2. The molecule has 0 radical (unpaired) electrons. The number of benzene rings is 1. The van der Waals surface area contributed by atoms with Gasteiger partial charge >= 0.3 is 6.09 Å². The van der Waals surface area contributed by atoms with Crippen molar-refractivity contribution in [2.75, 3.05) is 39.3 Å². The van der Waals surface area contributed by atoms with Gasteiger partial charge in [0, 0.05) is 38.6 Å². The average molecular weight is 474 g/mol. The first kappa shape index (κ1) is 26.7. The van der Waals surface area contributed by atoms with Crippen molar-refractivity contribution in [1.82, 2.24) is 15.1 Å². The van der Waals surface area contributed by atoms with Gasteiger partial charge in [-0.1, -0.05) is 18.2 Å². The van der Waals surface area contributed by atoms with Gasteiger partial charge in [-0.05, 0) is 39.3 Å². The van der Waals surface area contributed by atoms with E-state index in [1.807, 2.05) is 51.1 Å². The minimum atomic E-state index is -0.563. The van der Waals surface area contributed by atoms with Gasteiger partial charge in [0.05, 0.1) is 18.7 Å². The van der Waals surface area contributed by atoms with Crippen LogP contribution < -0.4 is 15.8 Å². The normalized spacial score (nSPS) is 15.1. The van der Waals surface area contributed by atoms with E-state index in [2.05, 4.69) is 10.3 Å². The number of nitrogens with two attached hydrogens (primary N) is 1. The van der Waals surface area contributed by atoms with E-state index in [-0.39, 0.29) is 37.5 Å². The van der Waals surface area contributed by atoms with Crippen LogP contribution in [0.15, 0.2) is 47.2 Å². The molecule has 1 aliphatic rings. The number of amides is 3. The molecule has 10 heteroatoms. The van der Waals surface area contributed by atoms with E-state index >= 15 is 0 Å². The number of nitrogens with zero attached hydrogens (tertiary/aromatic N) is 3. The fraction of sp³-hybridized carbons (Fsp3) is 0.500. The Balaban J connectivity index is 1.73. The van der Waals surface area contributed by atoms with Crippen LogP contribution in [0.5, 0.6) is 5.75 Å². The molecule has 1 aromatic carbocycles. The molecule has 1 aromatic rings. The molecule has 0 aliphatic carbocycles. The van der Waals surface area contributed by atoms with Crippen LogP contribution in [-0.2, 0) is 14.3 Å². The van der Waals surface area contributed by atoms with E-state index in [9.17, 15) is 14.4 Å². The van der Waals surface area contributed by atoms with Crippen LogP contribution in [0.1, 0.15) is 33.6 Å². The summed E-state index contributed by atoms with van der Waals surface area (Å²) in [6.07, 6.45) is 3.00. The van der Waals surface area contributed by atoms with E-state index in [1.54, 1.807) is 9.80 Å². The molecule has 2 rings (SSSR count). The number of allylic oxidation sites excluding steroid dienone is 1. The summed E-state index contributed by atoms with van der Waals surface area (Å²) in [4.78, 5) is 44.3. The zero-order valence-corrected chi connectivity index (χ0v) is 20.2. The van der Waals surface area contributed by atoms with Crippen LogP contribution in [-0.4, -0.2) is 78.9 Å². The third-order valence-electron chi connectivity index (χ3n) is 4.76. The lowest BCUT2D eigenvalue weighted by molar-refractivity contribution is -0.129. The molecule has 0 aromatic heterocycles. The summed E-state index contributed by atoms with van der Waals surface area (Å²) >= 11 is 0. The van der Waals surface area contributed by atoms with E-state index in [1.165, 1.54) is 12.4 Å². The van der Waals surface area contributed by atoms with Gasteiger partial charge in [0.2, 0.25) is 11.8 Å². The number of hydrogen-bond acceptors (Lipinski definition) is 7. The van der Waals surface area contributed by atoms with Crippen molar-refractivity contribution in [2.24, 2.45) is 10.7 Å². The summed E-state index contributed by atoms with van der Waals surface area (Å²) in [6, 6.07) is 9.21. The van der Waals surface area contributed by atoms with Crippen molar-refractivity contribution in [3.8, 4) is 5.75 Å². The molecule has 0 atom stereocenters. The number of nitrogens with one attached hydrogen (secondary N) is 1. The largest absolute Gasteiger partial charge is 0.493 e. The summed E-state index contributed by atoms with van der Waals surface area (Å²) in [7, 11) is 0. The van der Waals surface area contributed by atoms with Crippen LogP contribution in [0.4, 0.5) is 4.79 Å². The molecule has 0 bridgehead atoms. The lowest BCUT2D eigenvalue weighted by Gasteiger charge is -2.26. The molecule has 10 nitrogen and oxygen atoms in total. The number of carbonyl (C=O) groups excluding carboxylic acids is 3. The Kier molecular flexibility index (Phi) is 10.4. The molecule has 0 unspecified atom stereocenters. The maximum Gasteiger partial charge on any atom is 0.410 e. The summed E-state index contributed by atoms with van der Waals surface area (Å²) < 4.78 is 10.9. The highest BCUT2D eigenvalue weighted by Crippen LogP contribution is 2.12. The number of hydrogen-bond donors (Lipinski definition) is 2. The standard InChI is InChI=1S/C24H35N5O5/c1-24(2,3)34-23(32)29-12-7-11-28(13-14-29)22(31)18-26-17-19(16-25)27-21(30)10-15-33-20-8-5-4-6-9-20/h4-6,8-9,16-17H,7,10-15,18,25H2,1-3H3,(H,27,30)/b19-16+,26-17?. The van der Waals surface area contributed by atoms with E-state index < -0.39 is 5.60 Å². The number of carbonyl (C=O) groups is 3. The molecule has 186 valence electrons. The fourth-order valence-corrected chi connectivity index (χ4v) is 3.12. The van der Waals surface area contributed by atoms with Gasteiger partial charge in [0.15, 0.2) is 0 Å². The van der Waals surface area contributed by atoms with E-state index in [0.717, 1.165) is 0 Å². The number of aliphatic imine (C=N–C) groups is 1. The minimum Gasteiger partial charge on any atom is -0.493 e. The first-order valence-electron chi connectivity index (χ1n) is 11.3. The quantitative estimate of drug-likeness (QED) is 0.556. The highest BCUT2D eigenvalue weighted by molar-refractivity contribution is 5.89. The summed E-state index contributed by atoms with van der Waals surface area (Å²) in [6.45, 7) is 7.47. The SMILES string of the molecule is CC(C)(C)OC(=O)N1CCCN(C(=O)CN=C/C(=C\N)NC(=O)CCOc2ccccc2)CC1. The molecule has 34 heavy (non-hydrogen) atoms. The first-order chi connectivity index (χ1) is 16.2. The molecule has 1 heterocycles. The smallest absolute Gasteiger partial charge is 0.410 e. The van der Waals surface area contributed by atoms with Gasteiger partial charge in [-0.15, -0.1) is 0 Å². The zero-order chi connectivity index (χ0) is 25.0. The maximum absolute atomic E-state index is 12.5. The minimum absolute atomic E-state index is 0.0865. The van der Waals surface area contributed by atoms with Gasteiger partial charge in [-0.3, -0.25) is 14.6 Å². The number of para-hydroxylation sites is 1. The lowest BCUT2D eigenvalue weighted by atomic mass is 10.2. The number of rotatable bonds is 8. The third-order valence-corrected chi connectivity index (χ3v) is 4.76. The lowest BCUT2D eigenvalue weighted by Crippen LogP contribution is -2.40. The molecule has 3 N–H and O–H groups in total. The Morgan fingerprint density at radius 1 is 1.09 bits per heavy atom. The fourth-order valence-electron chi connectivity index (χ4n) is 3.12. The Bertz CT molecular complexity index is 879. The first-order valence-corrected chi connectivity index (χ1v) is 11.3. The van der Waals surface area contributed by atoms with Gasteiger partial charge < -0.3 is 30.3 Å². The Labute approximate surface area is 200 Å². The second kappa shape index (κ2) is 13.2. The van der Waals surface area contributed by atoms with Crippen molar-refractivity contribution in [3.63, 3.8) is 0 Å². The van der Waals surface area contributed by atoms with Gasteiger partial charge in [0.25, 0.3) is 0 Å². The van der Waals surface area contributed by atoms with Crippen LogP contribution in [0.25, 0.3) is 0 Å².